The molecule has 0 aliphatic carbocycles. The summed E-state index contributed by atoms with van der Waals surface area (Å²) in [6, 6.07) is 5.91. The van der Waals surface area contributed by atoms with Crippen molar-refractivity contribution in [1.82, 2.24) is 4.90 Å². The van der Waals surface area contributed by atoms with Crippen LogP contribution in [0.25, 0.3) is 5.57 Å². The number of carboxylic acid groups (broad SMARTS) is 1. The monoisotopic (exact) mass is 332 g/mol. The molecule has 2 amide bonds. The van der Waals surface area contributed by atoms with Crippen LogP contribution in [0.1, 0.15) is 18.9 Å². The number of hydrogen-bond donors (Lipinski definition) is 3. The van der Waals surface area contributed by atoms with Crippen LogP contribution in [0.4, 0.5) is 4.79 Å². The van der Waals surface area contributed by atoms with Crippen LogP contribution in [0.2, 0.25) is 0 Å². The summed E-state index contributed by atoms with van der Waals surface area (Å²) in [4.78, 5) is 35.9. The third-order valence-corrected chi connectivity index (χ3v) is 4.33. The van der Waals surface area contributed by atoms with Gasteiger partial charge in [-0.15, -0.1) is 0 Å². The zero-order valence-electron chi connectivity index (χ0n) is 12.8. The molecule has 126 valence electrons. The van der Waals surface area contributed by atoms with Gasteiger partial charge in [0.15, 0.2) is 0 Å². The van der Waals surface area contributed by atoms with Crippen molar-refractivity contribution in [1.29, 1.82) is 0 Å². The topological polar surface area (TPSA) is 130 Å². The maximum Gasteiger partial charge on any atom is 0.409 e. The lowest BCUT2D eigenvalue weighted by Gasteiger charge is -2.44. The van der Waals surface area contributed by atoms with E-state index in [1.54, 1.807) is 12.1 Å². The van der Waals surface area contributed by atoms with Gasteiger partial charge < -0.3 is 25.6 Å². The van der Waals surface area contributed by atoms with E-state index in [0.29, 0.717) is 17.6 Å². The second-order valence-corrected chi connectivity index (χ2v) is 5.83. The third-order valence-electron chi connectivity index (χ3n) is 4.33. The number of fused-ring (bicyclic) bond motifs is 1. The molecule has 0 spiro atoms. The van der Waals surface area contributed by atoms with Gasteiger partial charge in [-0.3, -0.25) is 4.79 Å². The number of aliphatic hydroxyl groups is 1. The Morgan fingerprint density at radius 1 is 1.42 bits per heavy atom. The molecule has 0 bridgehead atoms. The van der Waals surface area contributed by atoms with E-state index in [1.165, 1.54) is 24.0 Å². The van der Waals surface area contributed by atoms with Gasteiger partial charge in [0.05, 0.1) is 18.1 Å². The molecule has 3 atom stereocenters. The average molecular weight is 332 g/mol. The molecule has 0 aromatic heterocycles. The molecule has 24 heavy (non-hydrogen) atoms. The Morgan fingerprint density at radius 2 is 2.12 bits per heavy atom. The summed E-state index contributed by atoms with van der Waals surface area (Å²) in [6.07, 6.45) is -1.51. The molecule has 4 N–H and O–H groups in total. The zero-order chi connectivity index (χ0) is 17.6. The molecule has 8 heteroatoms. The van der Waals surface area contributed by atoms with E-state index in [1.807, 2.05) is 0 Å². The number of benzene rings is 1. The predicted molar refractivity (Wildman–Crippen MR) is 81.6 cm³/mol. The van der Waals surface area contributed by atoms with Gasteiger partial charge in [0, 0.05) is 0 Å². The summed E-state index contributed by atoms with van der Waals surface area (Å²) in [5.74, 6) is -2.04. The quantitative estimate of drug-likeness (QED) is 0.690. The molecule has 0 unspecified atom stereocenters. The molecule has 3 rings (SSSR count). The zero-order valence-corrected chi connectivity index (χ0v) is 12.8. The fraction of sp³-hybridized carbons (Fsp3) is 0.312. The summed E-state index contributed by atoms with van der Waals surface area (Å²) in [5, 5.41) is 19.2. The van der Waals surface area contributed by atoms with E-state index in [4.69, 9.17) is 10.5 Å². The Morgan fingerprint density at radius 3 is 2.71 bits per heavy atom. The Kier molecular flexibility index (Phi) is 3.76. The van der Waals surface area contributed by atoms with Crippen LogP contribution in [0.15, 0.2) is 30.0 Å². The highest BCUT2D eigenvalue weighted by Gasteiger charge is 2.56. The lowest BCUT2D eigenvalue weighted by molar-refractivity contribution is -0.161. The molecule has 2 aliphatic heterocycles. The first-order chi connectivity index (χ1) is 11.3. The van der Waals surface area contributed by atoms with Crippen molar-refractivity contribution in [2.75, 3.05) is 0 Å². The summed E-state index contributed by atoms with van der Waals surface area (Å²) in [5.41, 5.74) is 5.86. The Balaban J connectivity index is 2.00. The fourth-order valence-electron chi connectivity index (χ4n) is 3.39. The molecule has 1 fully saturated rings. The maximum absolute atomic E-state index is 12.2. The summed E-state index contributed by atoms with van der Waals surface area (Å²) < 4.78 is 4.81. The number of nitrogens with two attached hydrogens (primary N) is 1. The van der Waals surface area contributed by atoms with Crippen molar-refractivity contribution in [3.63, 3.8) is 0 Å². The molecule has 0 radical (unpaired) electrons. The standard InChI is InChI=1S/C16H16N2O6/c1-7(19)12-11-6-10(13(15(21)22)18(11)14(12)20)8-3-2-4-9(5-8)24-16(17)23/h2-5,7,11-12,19H,6H2,1H3,(H2,17,23)(H,21,22)/t7-,11-,12-/m1/s1. The molecule has 1 aromatic carbocycles. The first kappa shape index (κ1) is 16.0. The number of β-lactam (4-membered cyclic amide) rings is 1. The van der Waals surface area contributed by atoms with Gasteiger partial charge in [-0.25, -0.2) is 9.59 Å². The molecular weight excluding hydrogens is 316 g/mol. The highest BCUT2D eigenvalue weighted by molar-refractivity contribution is 6.06. The minimum absolute atomic E-state index is 0.0990. The van der Waals surface area contributed by atoms with Crippen molar-refractivity contribution >= 4 is 23.5 Å². The number of amides is 2. The number of aliphatic hydroxyl groups excluding tert-OH is 1. The smallest absolute Gasteiger partial charge is 0.409 e. The average Bonchev–Trinajstić information content (AvgIpc) is 2.81. The lowest BCUT2D eigenvalue weighted by Crippen LogP contribution is -2.61. The normalized spacial score (nSPS) is 23.6. The number of aliphatic carboxylic acids is 1. The minimum Gasteiger partial charge on any atom is -0.477 e. The highest BCUT2D eigenvalue weighted by atomic mass is 16.5. The van der Waals surface area contributed by atoms with Crippen LogP contribution in [0, 0.1) is 5.92 Å². The van der Waals surface area contributed by atoms with E-state index in [-0.39, 0.29) is 17.5 Å². The Bertz CT molecular complexity index is 770. The molecule has 1 saturated heterocycles. The summed E-state index contributed by atoms with van der Waals surface area (Å²) >= 11 is 0. The van der Waals surface area contributed by atoms with Crippen LogP contribution < -0.4 is 10.5 Å². The van der Waals surface area contributed by atoms with Crippen LogP contribution in [-0.4, -0.2) is 45.2 Å². The second kappa shape index (κ2) is 5.64. The fourth-order valence-corrected chi connectivity index (χ4v) is 3.39. The molecule has 0 saturated carbocycles. The van der Waals surface area contributed by atoms with Crippen molar-refractivity contribution in [3.05, 3.63) is 35.5 Å². The van der Waals surface area contributed by atoms with Crippen LogP contribution in [-0.2, 0) is 9.59 Å². The van der Waals surface area contributed by atoms with E-state index in [0.717, 1.165) is 0 Å². The van der Waals surface area contributed by atoms with Crippen molar-refractivity contribution in [2.24, 2.45) is 11.7 Å². The molecule has 1 aromatic rings. The largest absolute Gasteiger partial charge is 0.477 e. The van der Waals surface area contributed by atoms with Gasteiger partial charge in [-0.05, 0) is 36.6 Å². The number of nitrogens with zero attached hydrogens (tertiary/aromatic N) is 1. The van der Waals surface area contributed by atoms with E-state index < -0.39 is 30.0 Å². The second-order valence-electron chi connectivity index (χ2n) is 5.83. The van der Waals surface area contributed by atoms with E-state index in [9.17, 15) is 24.6 Å². The molecular formula is C16H16N2O6. The van der Waals surface area contributed by atoms with Gasteiger partial charge >= 0.3 is 12.1 Å². The number of rotatable bonds is 4. The van der Waals surface area contributed by atoms with Gasteiger partial charge in [0.1, 0.15) is 11.4 Å². The first-order valence-electron chi connectivity index (χ1n) is 7.36. The SMILES string of the molecule is C[C@@H](O)[C@H]1C(=O)N2C(C(=O)O)=C(c3cccc(OC(N)=O)c3)C[C@H]12. The molecule has 2 aliphatic rings. The number of ether oxygens (including phenoxy) is 1. The minimum atomic E-state index is -1.22. The first-order valence-corrected chi connectivity index (χ1v) is 7.36. The molecule has 2 heterocycles. The van der Waals surface area contributed by atoms with Crippen molar-refractivity contribution in [3.8, 4) is 5.75 Å². The maximum atomic E-state index is 12.2. The van der Waals surface area contributed by atoms with Crippen LogP contribution >= 0.6 is 0 Å². The summed E-state index contributed by atoms with van der Waals surface area (Å²) in [6.45, 7) is 1.51. The number of carbonyl (C=O) groups is 3. The highest BCUT2D eigenvalue weighted by Crippen LogP contribution is 2.47. The predicted octanol–water partition coefficient (Wildman–Crippen LogP) is 0.551. The lowest BCUT2D eigenvalue weighted by atomic mass is 9.82. The van der Waals surface area contributed by atoms with Crippen LogP contribution in [0.3, 0.4) is 0 Å². The Labute approximate surface area is 137 Å². The number of primary amides is 1. The Hall–Kier alpha value is -2.87. The van der Waals surface area contributed by atoms with Crippen molar-refractivity contribution in [2.45, 2.75) is 25.5 Å². The number of hydrogen-bond acceptors (Lipinski definition) is 5. The van der Waals surface area contributed by atoms with Gasteiger partial charge in [-0.2, -0.15) is 0 Å². The number of carboxylic acids is 1. The van der Waals surface area contributed by atoms with E-state index >= 15 is 0 Å². The van der Waals surface area contributed by atoms with Gasteiger partial charge in [0.2, 0.25) is 5.91 Å². The summed E-state index contributed by atoms with van der Waals surface area (Å²) in [7, 11) is 0. The van der Waals surface area contributed by atoms with Crippen LogP contribution in [0.5, 0.6) is 5.75 Å². The van der Waals surface area contributed by atoms with E-state index in [2.05, 4.69) is 0 Å². The van der Waals surface area contributed by atoms with Crippen molar-refractivity contribution < 1.29 is 29.3 Å². The molecule has 8 nitrogen and oxygen atoms in total. The van der Waals surface area contributed by atoms with Gasteiger partial charge in [-0.1, -0.05) is 12.1 Å². The number of carbonyl (C=O) groups excluding carboxylic acids is 2. The van der Waals surface area contributed by atoms with Gasteiger partial charge in [0.25, 0.3) is 0 Å². The third kappa shape index (κ3) is 2.41.